The zero-order valence-corrected chi connectivity index (χ0v) is 20.3. The molecule has 3 atom stereocenters. The Bertz CT molecular complexity index is 399. The van der Waals surface area contributed by atoms with Gasteiger partial charge in [0.25, 0.3) is 0 Å². The smallest absolute Gasteiger partial charge is 0.306 e. The van der Waals surface area contributed by atoms with Crippen molar-refractivity contribution in [3.05, 3.63) is 0 Å². The number of carbonyl (C=O) groups excluding carboxylic acids is 1. The molecule has 0 bridgehead atoms. The van der Waals surface area contributed by atoms with Crippen LogP contribution in [0.1, 0.15) is 110 Å². The topological polar surface area (TPSA) is 65.0 Å². The zero-order valence-electron chi connectivity index (χ0n) is 18.6. The maximum atomic E-state index is 11.8. The van der Waals surface area contributed by atoms with Gasteiger partial charge in [-0.3, -0.25) is 4.79 Å². The summed E-state index contributed by atoms with van der Waals surface area (Å²) in [6.45, 7) is 4.85. The third-order valence-electron chi connectivity index (χ3n) is 5.31. The molecule has 1 aliphatic rings. The second-order valence-electron chi connectivity index (χ2n) is 7.98. The summed E-state index contributed by atoms with van der Waals surface area (Å²) in [5.41, 5.74) is 0. The van der Waals surface area contributed by atoms with E-state index >= 15 is 0 Å². The fraction of sp³-hybridized carbons (Fsp3) is 0.955. The number of unbranched alkanes of at least 4 members (excludes halogenated alkanes) is 9. The van der Waals surface area contributed by atoms with Crippen LogP contribution in [0.4, 0.5) is 0 Å². The Labute approximate surface area is 183 Å². The Balaban J connectivity index is 1.89. The molecule has 1 saturated heterocycles. The van der Waals surface area contributed by atoms with Crippen LogP contribution in [0, 0.1) is 0 Å². The summed E-state index contributed by atoms with van der Waals surface area (Å²) in [5.74, 6) is -0.0231. The van der Waals surface area contributed by atoms with Crippen LogP contribution in [0.3, 0.4) is 0 Å². The van der Waals surface area contributed by atoms with Gasteiger partial charge < -0.3 is 18.9 Å². The molecule has 0 aliphatic carbocycles. The highest BCUT2D eigenvalue weighted by atomic mass is 32.7. The molecule has 0 aromatic carbocycles. The first-order chi connectivity index (χ1) is 14.2. The standard InChI is InChI=1S/C22H43O5PS/c1-3-5-7-8-9-10-11-12-13-15-22(23)25-19-29-28(24)26-18-21-17-16-20(27-21)14-6-4-2/h20-21,24H,3-19H2,1-2H3/t20?,21-,28?/m0/s1. The van der Waals surface area contributed by atoms with Gasteiger partial charge in [0, 0.05) is 6.42 Å². The van der Waals surface area contributed by atoms with E-state index in [-0.39, 0.29) is 18.0 Å². The van der Waals surface area contributed by atoms with Crippen LogP contribution >= 0.6 is 19.0 Å². The number of hydrogen-bond donors (Lipinski definition) is 1. The molecule has 0 amide bonds. The van der Waals surface area contributed by atoms with Gasteiger partial charge in [-0.15, -0.1) is 0 Å². The van der Waals surface area contributed by atoms with E-state index in [0.717, 1.165) is 43.5 Å². The van der Waals surface area contributed by atoms with Crippen LogP contribution in [0.2, 0.25) is 0 Å². The molecule has 0 aromatic rings. The number of carbonyl (C=O) groups is 1. The second-order valence-corrected chi connectivity index (χ2v) is 10.9. The first-order valence-corrected chi connectivity index (χ1v) is 14.5. The van der Waals surface area contributed by atoms with Gasteiger partial charge in [-0.05, 0) is 37.1 Å². The zero-order chi connectivity index (χ0) is 21.2. The van der Waals surface area contributed by atoms with Crippen LogP contribution in [0.5, 0.6) is 0 Å². The third-order valence-corrected chi connectivity index (χ3v) is 7.42. The average Bonchev–Trinajstić information content (AvgIpc) is 3.17. The molecule has 0 radical (unpaired) electrons. The van der Waals surface area contributed by atoms with Crippen molar-refractivity contribution >= 4 is 24.9 Å². The van der Waals surface area contributed by atoms with Crippen molar-refractivity contribution in [2.75, 3.05) is 12.5 Å². The van der Waals surface area contributed by atoms with Crippen molar-refractivity contribution in [1.29, 1.82) is 0 Å². The lowest BCUT2D eigenvalue weighted by molar-refractivity contribution is -0.141. The van der Waals surface area contributed by atoms with E-state index in [9.17, 15) is 9.69 Å². The van der Waals surface area contributed by atoms with Crippen molar-refractivity contribution in [2.45, 2.75) is 122 Å². The number of ether oxygens (including phenoxy) is 2. The normalized spacial score (nSPS) is 20.1. The predicted octanol–water partition coefficient (Wildman–Crippen LogP) is 7.11. The monoisotopic (exact) mass is 450 g/mol. The summed E-state index contributed by atoms with van der Waals surface area (Å²) in [7, 11) is -1.62. The minimum atomic E-state index is -1.62. The van der Waals surface area contributed by atoms with Gasteiger partial charge in [0.05, 0.1) is 18.8 Å². The van der Waals surface area contributed by atoms with Crippen LogP contribution in [0.15, 0.2) is 0 Å². The Kier molecular flexibility index (Phi) is 17.7. The van der Waals surface area contributed by atoms with Gasteiger partial charge in [0.1, 0.15) is 5.94 Å². The van der Waals surface area contributed by atoms with Crippen molar-refractivity contribution in [3.8, 4) is 0 Å². The lowest BCUT2D eigenvalue weighted by Gasteiger charge is -2.15. The van der Waals surface area contributed by atoms with Crippen molar-refractivity contribution in [3.63, 3.8) is 0 Å². The van der Waals surface area contributed by atoms with Crippen molar-refractivity contribution in [2.24, 2.45) is 0 Å². The molecule has 0 saturated carbocycles. The summed E-state index contributed by atoms with van der Waals surface area (Å²) >= 11 is 1.16. The largest absolute Gasteiger partial charge is 0.454 e. The molecule has 172 valence electrons. The Morgan fingerprint density at radius 1 is 0.966 bits per heavy atom. The van der Waals surface area contributed by atoms with Gasteiger partial charge in [0.2, 0.25) is 7.58 Å². The molecule has 2 unspecified atom stereocenters. The molecule has 1 aliphatic heterocycles. The van der Waals surface area contributed by atoms with E-state index < -0.39 is 7.58 Å². The number of rotatable bonds is 19. The van der Waals surface area contributed by atoms with Gasteiger partial charge in [-0.25, -0.2) is 0 Å². The van der Waals surface area contributed by atoms with Crippen LogP contribution in [0.25, 0.3) is 0 Å². The van der Waals surface area contributed by atoms with Crippen LogP contribution in [-0.4, -0.2) is 35.6 Å². The molecule has 0 spiro atoms. The lowest BCUT2D eigenvalue weighted by Crippen LogP contribution is -2.15. The first-order valence-electron chi connectivity index (χ1n) is 11.7. The van der Waals surface area contributed by atoms with Gasteiger partial charge in [-0.1, -0.05) is 78.1 Å². The van der Waals surface area contributed by atoms with E-state index in [2.05, 4.69) is 13.8 Å². The molecule has 1 heterocycles. The van der Waals surface area contributed by atoms with E-state index in [1.807, 2.05) is 0 Å². The SMILES string of the molecule is CCCCCCCCCCCC(=O)OCSP(O)OC[C@@H]1CCC(CCCC)O1. The fourth-order valence-corrected chi connectivity index (χ4v) is 5.00. The summed E-state index contributed by atoms with van der Waals surface area (Å²) in [4.78, 5) is 21.7. The number of esters is 1. The summed E-state index contributed by atoms with van der Waals surface area (Å²) < 4.78 is 16.6. The van der Waals surface area contributed by atoms with E-state index in [0.29, 0.717) is 19.1 Å². The van der Waals surface area contributed by atoms with E-state index in [1.54, 1.807) is 0 Å². The summed E-state index contributed by atoms with van der Waals surface area (Å²) in [6, 6.07) is 0. The minimum absolute atomic E-state index is 0.0869. The Morgan fingerprint density at radius 2 is 1.59 bits per heavy atom. The highest BCUT2D eigenvalue weighted by molar-refractivity contribution is 8.52. The fourth-order valence-electron chi connectivity index (χ4n) is 3.52. The molecular weight excluding hydrogens is 407 g/mol. The van der Waals surface area contributed by atoms with Crippen molar-refractivity contribution < 1.29 is 23.7 Å². The van der Waals surface area contributed by atoms with E-state index in [1.165, 1.54) is 57.8 Å². The molecule has 29 heavy (non-hydrogen) atoms. The Hall–Kier alpha value is 0.130. The quantitative estimate of drug-likeness (QED) is 0.0978. The molecule has 1 fully saturated rings. The molecule has 5 nitrogen and oxygen atoms in total. The van der Waals surface area contributed by atoms with Crippen LogP contribution < -0.4 is 0 Å². The highest BCUT2D eigenvalue weighted by Crippen LogP contribution is 2.47. The summed E-state index contributed by atoms with van der Waals surface area (Å²) in [5, 5.41) is 0. The molecule has 1 N–H and O–H groups in total. The van der Waals surface area contributed by atoms with Crippen LogP contribution in [-0.2, 0) is 18.8 Å². The first kappa shape index (κ1) is 27.2. The highest BCUT2D eigenvalue weighted by Gasteiger charge is 2.25. The maximum Gasteiger partial charge on any atom is 0.306 e. The Morgan fingerprint density at radius 3 is 2.28 bits per heavy atom. The third kappa shape index (κ3) is 15.6. The second kappa shape index (κ2) is 18.9. The minimum Gasteiger partial charge on any atom is -0.454 e. The van der Waals surface area contributed by atoms with Gasteiger partial charge >= 0.3 is 5.97 Å². The molecule has 1 rings (SSSR count). The molecule has 0 aromatic heterocycles. The number of hydrogen-bond acceptors (Lipinski definition) is 6. The predicted molar refractivity (Wildman–Crippen MR) is 123 cm³/mol. The van der Waals surface area contributed by atoms with E-state index in [4.69, 9.17) is 14.0 Å². The molecule has 7 heteroatoms. The van der Waals surface area contributed by atoms with Crippen molar-refractivity contribution in [1.82, 2.24) is 0 Å². The lowest BCUT2D eigenvalue weighted by atomic mass is 10.1. The molecular formula is C22H43O5PS. The van der Waals surface area contributed by atoms with Gasteiger partial charge in [-0.2, -0.15) is 0 Å². The maximum absolute atomic E-state index is 11.8. The summed E-state index contributed by atoms with van der Waals surface area (Å²) in [6.07, 6.45) is 17.6. The van der Waals surface area contributed by atoms with Gasteiger partial charge in [0.15, 0.2) is 0 Å². The average molecular weight is 451 g/mol.